The lowest BCUT2D eigenvalue weighted by atomic mass is 10.2. The summed E-state index contributed by atoms with van der Waals surface area (Å²) < 4.78 is 22.2. The van der Waals surface area contributed by atoms with Crippen LogP contribution in [0, 0.1) is 0 Å². The predicted octanol–water partition coefficient (Wildman–Crippen LogP) is -0.673. The van der Waals surface area contributed by atoms with E-state index in [1.807, 2.05) is 6.26 Å². The Morgan fingerprint density at radius 3 is 2.36 bits per heavy atom. The van der Waals surface area contributed by atoms with Crippen LogP contribution in [0.1, 0.15) is 6.42 Å². The molecule has 10 heteroatoms. The number of primary sulfonamides is 1. The zero-order chi connectivity index (χ0) is 16.8. The molecule has 0 radical (unpaired) electrons. The van der Waals surface area contributed by atoms with E-state index in [1.165, 1.54) is 36.0 Å². The van der Waals surface area contributed by atoms with Gasteiger partial charge in [0.1, 0.15) is 0 Å². The maximum atomic E-state index is 11.7. The molecule has 0 aromatic heterocycles. The van der Waals surface area contributed by atoms with Crippen LogP contribution in [0.2, 0.25) is 0 Å². The standard InChI is InChI=1S/C12H17N3O5S2/c1-21-7-6-10(11(16)17)15-12(18)14-8-2-4-9(5-3-8)22(13,19)20/h2-5,10H,6-7H2,1H3,(H,16,17)(H2,13,19,20)(H2,14,15,18)/p-1/t10-/m0/s1. The van der Waals surface area contributed by atoms with Crippen LogP contribution in [0.3, 0.4) is 0 Å². The first kappa shape index (κ1) is 18.3. The number of urea groups is 1. The second-order valence-electron chi connectivity index (χ2n) is 4.32. The summed E-state index contributed by atoms with van der Waals surface area (Å²) in [5.41, 5.74) is 0.298. The molecule has 0 unspecified atom stereocenters. The number of carbonyl (C=O) groups excluding carboxylic acids is 2. The monoisotopic (exact) mass is 346 g/mol. The van der Waals surface area contributed by atoms with Crippen molar-refractivity contribution in [2.75, 3.05) is 17.3 Å². The van der Waals surface area contributed by atoms with Gasteiger partial charge in [-0.15, -0.1) is 0 Å². The van der Waals surface area contributed by atoms with Gasteiger partial charge in [-0.1, -0.05) is 0 Å². The molecular weight excluding hydrogens is 330 g/mol. The zero-order valence-electron chi connectivity index (χ0n) is 11.7. The van der Waals surface area contributed by atoms with Gasteiger partial charge in [0.05, 0.1) is 16.9 Å². The molecule has 1 aromatic carbocycles. The van der Waals surface area contributed by atoms with Crippen LogP contribution in [-0.4, -0.2) is 38.5 Å². The molecule has 22 heavy (non-hydrogen) atoms. The van der Waals surface area contributed by atoms with Crippen molar-refractivity contribution in [3.8, 4) is 0 Å². The molecule has 122 valence electrons. The summed E-state index contributed by atoms with van der Waals surface area (Å²) in [5.74, 6) is -0.809. The number of benzene rings is 1. The maximum Gasteiger partial charge on any atom is 0.319 e. The van der Waals surface area contributed by atoms with E-state index in [-0.39, 0.29) is 11.3 Å². The van der Waals surface area contributed by atoms with Gasteiger partial charge in [-0.25, -0.2) is 18.4 Å². The van der Waals surface area contributed by atoms with Crippen molar-refractivity contribution in [3.63, 3.8) is 0 Å². The largest absolute Gasteiger partial charge is 0.548 e. The lowest BCUT2D eigenvalue weighted by Gasteiger charge is -2.19. The molecule has 0 aliphatic heterocycles. The van der Waals surface area contributed by atoms with Gasteiger partial charge in [0.2, 0.25) is 10.0 Å². The smallest absolute Gasteiger partial charge is 0.319 e. The molecule has 1 atom stereocenters. The van der Waals surface area contributed by atoms with Crippen LogP contribution in [0.25, 0.3) is 0 Å². The second kappa shape index (κ2) is 8.01. The highest BCUT2D eigenvalue weighted by Crippen LogP contribution is 2.12. The van der Waals surface area contributed by atoms with Crippen molar-refractivity contribution < 1.29 is 23.1 Å². The number of carbonyl (C=O) groups is 2. The normalized spacial score (nSPS) is 12.5. The Hall–Kier alpha value is -1.78. The highest BCUT2D eigenvalue weighted by Gasteiger charge is 2.13. The quantitative estimate of drug-likeness (QED) is 0.597. The topological polar surface area (TPSA) is 141 Å². The number of aliphatic carboxylic acids is 1. The number of carboxylic acid groups (broad SMARTS) is 1. The fourth-order valence-corrected chi connectivity index (χ4v) is 2.52. The van der Waals surface area contributed by atoms with E-state index >= 15 is 0 Å². The van der Waals surface area contributed by atoms with Gasteiger partial charge in [-0.3, -0.25) is 0 Å². The number of sulfonamides is 1. The zero-order valence-corrected chi connectivity index (χ0v) is 13.4. The van der Waals surface area contributed by atoms with Crippen molar-refractivity contribution in [2.45, 2.75) is 17.4 Å². The van der Waals surface area contributed by atoms with Crippen LogP contribution < -0.4 is 20.9 Å². The van der Waals surface area contributed by atoms with Gasteiger partial charge in [-0.05, 0) is 42.7 Å². The molecule has 0 aliphatic carbocycles. The van der Waals surface area contributed by atoms with Gasteiger partial charge in [0.25, 0.3) is 0 Å². The molecule has 0 saturated heterocycles. The van der Waals surface area contributed by atoms with Crippen molar-refractivity contribution in [2.24, 2.45) is 5.14 Å². The van der Waals surface area contributed by atoms with Gasteiger partial charge in [0, 0.05) is 5.69 Å². The van der Waals surface area contributed by atoms with Crippen LogP contribution in [-0.2, 0) is 14.8 Å². The van der Waals surface area contributed by atoms with Gasteiger partial charge in [0.15, 0.2) is 0 Å². The molecule has 0 heterocycles. The summed E-state index contributed by atoms with van der Waals surface area (Å²) >= 11 is 1.45. The number of carboxylic acids is 1. The molecule has 0 aliphatic rings. The maximum absolute atomic E-state index is 11.7. The predicted molar refractivity (Wildman–Crippen MR) is 81.8 cm³/mol. The Bertz CT molecular complexity index is 631. The Morgan fingerprint density at radius 2 is 1.91 bits per heavy atom. The van der Waals surface area contributed by atoms with E-state index in [0.29, 0.717) is 11.4 Å². The average Bonchev–Trinajstić information content (AvgIpc) is 2.42. The van der Waals surface area contributed by atoms with Gasteiger partial charge in [-0.2, -0.15) is 11.8 Å². The minimum absolute atomic E-state index is 0.0916. The molecule has 1 aromatic rings. The Kier molecular flexibility index (Phi) is 6.65. The van der Waals surface area contributed by atoms with Crippen LogP contribution in [0.5, 0.6) is 0 Å². The number of thioether (sulfide) groups is 1. The number of nitrogens with one attached hydrogen (secondary N) is 2. The molecule has 0 saturated carbocycles. The van der Waals surface area contributed by atoms with E-state index in [9.17, 15) is 23.1 Å². The first-order chi connectivity index (χ1) is 10.2. The highest BCUT2D eigenvalue weighted by molar-refractivity contribution is 7.98. The summed E-state index contributed by atoms with van der Waals surface area (Å²) in [7, 11) is -3.81. The fourth-order valence-electron chi connectivity index (χ4n) is 1.54. The number of hydrogen-bond donors (Lipinski definition) is 3. The Morgan fingerprint density at radius 1 is 1.32 bits per heavy atom. The van der Waals surface area contributed by atoms with Crippen molar-refractivity contribution >= 4 is 39.5 Å². The van der Waals surface area contributed by atoms with Gasteiger partial charge >= 0.3 is 6.03 Å². The molecule has 1 rings (SSSR count). The summed E-state index contributed by atoms with van der Waals surface area (Å²) in [6.45, 7) is 0. The molecule has 0 bridgehead atoms. The summed E-state index contributed by atoms with van der Waals surface area (Å²) in [6.07, 6.45) is 2.06. The first-order valence-electron chi connectivity index (χ1n) is 6.14. The first-order valence-corrected chi connectivity index (χ1v) is 9.08. The summed E-state index contributed by atoms with van der Waals surface area (Å²) in [4.78, 5) is 22.5. The molecule has 8 nitrogen and oxygen atoms in total. The molecule has 0 spiro atoms. The number of rotatable bonds is 7. The van der Waals surface area contributed by atoms with E-state index in [4.69, 9.17) is 5.14 Å². The number of amides is 2. The highest BCUT2D eigenvalue weighted by atomic mass is 32.2. The third-order valence-corrected chi connectivity index (χ3v) is 4.21. The van der Waals surface area contributed by atoms with E-state index in [0.717, 1.165) is 0 Å². The number of anilines is 1. The molecular formula is C12H16N3O5S2-. The lowest BCUT2D eigenvalue weighted by Crippen LogP contribution is -2.49. The minimum Gasteiger partial charge on any atom is -0.548 e. The summed E-state index contributed by atoms with van der Waals surface area (Å²) in [5, 5.41) is 20.5. The Labute approximate surface area is 132 Å². The van der Waals surface area contributed by atoms with E-state index in [2.05, 4.69) is 10.6 Å². The van der Waals surface area contributed by atoms with Crippen molar-refractivity contribution in [1.82, 2.24) is 5.32 Å². The molecule has 0 fully saturated rings. The van der Waals surface area contributed by atoms with Crippen LogP contribution in [0.4, 0.5) is 10.5 Å². The third-order valence-electron chi connectivity index (χ3n) is 2.64. The fraction of sp³-hybridized carbons (Fsp3) is 0.333. The molecule has 2 amide bonds. The van der Waals surface area contributed by atoms with Gasteiger partial charge < -0.3 is 20.5 Å². The van der Waals surface area contributed by atoms with E-state index < -0.39 is 28.1 Å². The van der Waals surface area contributed by atoms with Crippen LogP contribution in [0.15, 0.2) is 29.2 Å². The number of nitrogens with two attached hydrogens (primary N) is 1. The second-order valence-corrected chi connectivity index (χ2v) is 6.87. The third kappa shape index (κ3) is 5.92. The minimum atomic E-state index is -3.81. The lowest BCUT2D eigenvalue weighted by molar-refractivity contribution is -0.308. The average molecular weight is 346 g/mol. The molecule has 4 N–H and O–H groups in total. The summed E-state index contributed by atoms with van der Waals surface area (Å²) in [6, 6.07) is 3.32. The number of hydrogen-bond acceptors (Lipinski definition) is 6. The van der Waals surface area contributed by atoms with E-state index in [1.54, 1.807) is 0 Å². The Balaban J connectivity index is 2.66. The van der Waals surface area contributed by atoms with Crippen molar-refractivity contribution in [1.29, 1.82) is 0 Å². The van der Waals surface area contributed by atoms with Crippen molar-refractivity contribution in [3.05, 3.63) is 24.3 Å². The van der Waals surface area contributed by atoms with Crippen LogP contribution >= 0.6 is 11.8 Å². The SMILES string of the molecule is CSCC[C@H](NC(=O)Nc1ccc(S(N)(=O)=O)cc1)C(=O)[O-].